The maximum atomic E-state index is 12.7. The van der Waals surface area contributed by atoms with Crippen LogP contribution in [0.4, 0.5) is 5.69 Å². The lowest BCUT2D eigenvalue weighted by Crippen LogP contribution is -2.31. The summed E-state index contributed by atoms with van der Waals surface area (Å²) in [5, 5.41) is 6.45. The predicted molar refractivity (Wildman–Crippen MR) is 119 cm³/mol. The van der Waals surface area contributed by atoms with Gasteiger partial charge in [-0.15, -0.1) is 0 Å². The molecule has 0 fully saturated rings. The SMILES string of the molecule is COc1ccc(NC(=O)CC(NC(=O)c2ccccc2Cl)c2ccccc2)cc1Cl. The van der Waals surface area contributed by atoms with Crippen LogP contribution >= 0.6 is 23.2 Å². The molecule has 0 saturated heterocycles. The van der Waals surface area contributed by atoms with Crippen LogP contribution in [0.2, 0.25) is 10.0 Å². The van der Waals surface area contributed by atoms with Gasteiger partial charge < -0.3 is 15.4 Å². The van der Waals surface area contributed by atoms with Crippen LogP contribution in [0.25, 0.3) is 0 Å². The lowest BCUT2D eigenvalue weighted by molar-refractivity contribution is -0.116. The van der Waals surface area contributed by atoms with Gasteiger partial charge in [0, 0.05) is 5.69 Å². The molecule has 0 radical (unpaired) electrons. The molecule has 0 aliphatic rings. The Morgan fingerprint density at radius 2 is 1.63 bits per heavy atom. The Hall–Kier alpha value is -3.02. The minimum Gasteiger partial charge on any atom is -0.495 e. The highest BCUT2D eigenvalue weighted by atomic mass is 35.5. The number of hydrogen-bond acceptors (Lipinski definition) is 3. The van der Waals surface area contributed by atoms with E-state index in [4.69, 9.17) is 27.9 Å². The third kappa shape index (κ3) is 5.53. The normalized spacial score (nSPS) is 11.4. The van der Waals surface area contributed by atoms with Crippen molar-refractivity contribution in [2.45, 2.75) is 12.5 Å². The number of hydrogen-bond donors (Lipinski definition) is 2. The van der Waals surface area contributed by atoms with Gasteiger partial charge >= 0.3 is 0 Å². The van der Waals surface area contributed by atoms with Gasteiger partial charge in [-0.3, -0.25) is 9.59 Å². The molecule has 0 bridgehead atoms. The molecule has 0 heterocycles. The zero-order valence-electron chi connectivity index (χ0n) is 16.2. The Balaban J connectivity index is 1.76. The standard InChI is InChI=1S/C23H20Cl2N2O3/c1-30-21-12-11-16(13-19(21)25)26-22(28)14-20(15-7-3-2-4-8-15)27-23(29)17-9-5-6-10-18(17)24/h2-13,20H,14H2,1H3,(H,26,28)(H,27,29). The van der Waals surface area contributed by atoms with Crippen molar-refractivity contribution < 1.29 is 14.3 Å². The fourth-order valence-electron chi connectivity index (χ4n) is 2.96. The quantitative estimate of drug-likeness (QED) is 0.507. The summed E-state index contributed by atoms with van der Waals surface area (Å²) in [5.74, 6) is -0.108. The molecule has 3 aromatic carbocycles. The van der Waals surface area contributed by atoms with Crippen molar-refractivity contribution in [3.05, 3.63) is 94.0 Å². The molecule has 0 aliphatic heterocycles. The van der Waals surface area contributed by atoms with Crippen molar-refractivity contribution in [2.75, 3.05) is 12.4 Å². The van der Waals surface area contributed by atoms with E-state index in [1.54, 1.807) is 42.5 Å². The summed E-state index contributed by atoms with van der Waals surface area (Å²) < 4.78 is 5.12. The molecular formula is C23H20Cl2N2O3. The minimum atomic E-state index is -0.538. The number of carbonyl (C=O) groups is 2. The van der Waals surface area contributed by atoms with E-state index in [0.29, 0.717) is 27.0 Å². The molecule has 7 heteroatoms. The summed E-state index contributed by atoms with van der Waals surface area (Å²) in [4.78, 5) is 25.4. The van der Waals surface area contributed by atoms with Crippen LogP contribution < -0.4 is 15.4 Å². The van der Waals surface area contributed by atoms with Crippen LogP contribution in [0, 0.1) is 0 Å². The number of rotatable bonds is 7. The molecule has 0 aromatic heterocycles. The van der Waals surface area contributed by atoms with E-state index in [0.717, 1.165) is 5.56 Å². The summed E-state index contributed by atoms with van der Waals surface area (Å²) in [7, 11) is 1.52. The van der Waals surface area contributed by atoms with Gasteiger partial charge in [0.15, 0.2) is 0 Å². The van der Waals surface area contributed by atoms with Gasteiger partial charge in [0.2, 0.25) is 5.91 Å². The van der Waals surface area contributed by atoms with Crippen LogP contribution in [0.1, 0.15) is 28.4 Å². The van der Waals surface area contributed by atoms with Crippen LogP contribution in [-0.4, -0.2) is 18.9 Å². The summed E-state index contributed by atoms with van der Waals surface area (Å²) in [6.45, 7) is 0. The Kier molecular flexibility index (Phi) is 7.33. The second-order valence-corrected chi connectivity index (χ2v) is 7.33. The zero-order chi connectivity index (χ0) is 21.5. The van der Waals surface area contributed by atoms with Crippen LogP contribution in [0.15, 0.2) is 72.8 Å². The van der Waals surface area contributed by atoms with Gasteiger partial charge in [0.1, 0.15) is 5.75 Å². The van der Waals surface area contributed by atoms with Crippen LogP contribution in [-0.2, 0) is 4.79 Å². The van der Waals surface area contributed by atoms with E-state index in [2.05, 4.69) is 10.6 Å². The molecule has 0 spiro atoms. The molecule has 30 heavy (non-hydrogen) atoms. The Morgan fingerprint density at radius 3 is 2.30 bits per heavy atom. The maximum absolute atomic E-state index is 12.7. The first-order valence-electron chi connectivity index (χ1n) is 9.21. The van der Waals surface area contributed by atoms with Gasteiger partial charge in [-0.25, -0.2) is 0 Å². The van der Waals surface area contributed by atoms with Crippen molar-refractivity contribution in [1.29, 1.82) is 0 Å². The number of carbonyl (C=O) groups excluding carboxylic acids is 2. The van der Waals surface area contributed by atoms with E-state index in [-0.39, 0.29) is 18.2 Å². The fourth-order valence-corrected chi connectivity index (χ4v) is 3.44. The second kappa shape index (κ2) is 10.1. The Bertz CT molecular complexity index is 1040. The lowest BCUT2D eigenvalue weighted by atomic mass is 10.0. The average Bonchev–Trinajstić information content (AvgIpc) is 2.74. The summed E-state index contributed by atoms with van der Waals surface area (Å²) in [6, 6.07) is 20.5. The van der Waals surface area contributed by atoms with Crippen molar-refractivity contribution >= 4 is 40.7 Å². The molecule has 0 saturated carbocycles. The van der Waals surface area contributed by atoms with Crippen molar-refractivity contribution in [3.63, 3.8) is 0 Å². The van der Waals surface area contributed by atoms with Gasteiger partial charge in [-0.05, 0) is 35.9 Å². The van der Waals surface area contributed by atoms with E-state index >= 15 is 0 Å². The summed E-state index contributed by atoms with van der Waals surface area (Å²) in [6.07, 6.45) is 0.0316. The molecule has 0 aliphatic carbocycles. The molecule has 5 nitrogen and oxygen atoms in total. The molecule has 154 valence electrons. The fraction of sp³-hybridized carbons (Fsp3) is 0.130. The smallest absolute Gasteiger partial charge is 0.253 e. The molecule has 1 atom stereocenters. The molecule has 2 N–H and O–H groups in total. The number of benzene rings is 3. The number of amides is 2. The number of nitrogens with one attached hydrogen (secondary N) is 2. The largest absolute Gasteiger partial charge is 0.495 e. The first kappa shape index (κ1) is 21.7. The molecule has 3 aromatic rings. The molecule has 1 unspecified atom stereocenters. The summed E-state index contributed by atoms with van der Waals surface area (Å²) >= 11 is 12.3. The van der Waals surface area contributed by atoms with Gasteiger partial charge in [-0.2, -0.15) is 0 Å². The van der Waals surface area contributed by atoms with E-state index in [1.165, 1.54) is 7.11 Å². The molecule has 3 rings (SSSR count). The second-order valence-electron chi connectivity index (χ2n) is 6.52. The highest BCUT2D eigenvalue weighted by Gasteiger charge is 2.20. The number of ether oxygens (including phenoxy) is 1. The van der Waals surface area contributed by atoms with Crippen LogP contribution in [0.3, 0.4) is 0 Å². The monoisotopic (exact) mass is 442 g/mol. The zero-order valence-corrected chi connectivity index (χ0v) is 17.7. The van der Waals surface area contributed by atoms with E-state index in [9.17, 15) is 9.59 Å². The third-order valence-corrected chi connectivity index (χ3v) is 5.08. The maximum Gasteiger partial charge on any atom is 0.253 e. The lowest BCUT2D eigenvalue weighted by Gasteiger charge is -2.19. The predicted octanol–water partition coefficient (Wildman–Crippen LogP) is 5.50. The minimum absolute atomic E-state index is 0.0316. The Labute approximate surface area is 185 Å². The van der Waals surface area contributed by atoms with Gasteiger partial charge in [-0.1, -0.05) is 65.7 Å². The number of methoxy groups -OCH3 is 1. The van der Waals surface area contributed by atoms with Crippen molar-refractivity contribution in [3.8, 4) is 5.75 Å². The Morgan fingerprint density at radius 1 is 0.933 bits per heavy atom. The van der Waals surface area contributed by atoms with Crippen LogP contribution in [0.5, 0.6) is 5.75 Å². The average molecular weight is 443 g/mol. The van der Waals surface area contributed by atoms with Gasteiger partial charge in [0.25, 0.3) is 5.91 Å². The highest BCUT2D eigenvalue weighted by Crippen LogP contribution is 2.28. The number of halogens is 2. The van der Waals surface area contributed by atoms with Gasteiger partial charge in [0.05, 0.1) is 35.2 Å². The van der Waals surface area contributed by atoms with Crippen molar-refractivity contribution in [1.82, 2.24) is 5.32 Å². The van der Waals surface area contributed by atoms with Crippen molar-refractivity contribution in [2.24, 2.45) is 0 Å². The first-order chi connectivity index (χ1) is 14.5. The topological polar surface area (TPSA) is 67.4 Å². The van der Waals surface area contributed by atoms with E-state index in [1.807, 2.05) is 30.3 Å². The highest BCUT2D eigenvalue weighted by molar-refractivity contribution is 6.33. The molecular weight excluding hydrogens is 423 g/mol. The number of anilines is 1. The first-order valence-corrected chi connectivity index (χ1v) is 9.97. The summed E-state index contributed by atoms with van der Waals surface area (Å²) in [5.41, 5.74) is 1.69. The third-order valence-electron chi connectivity index (χ3n) is 4.45. The van der Waals surface area contributed by atoms with E-state index < -0.39 is 6.04 Å². The molecule has 2 amide bonds.